The zero-order chi connectivity index (χ0) is 19.6. The monoisotopic (exact) mass is 421 g/mol. The van der Waals surface area contributed by atoms with Crippen molar-refractivity contribution < 1.29 is 22.5 Å². The predicted molar refractivity (Wildman–Crippen MR) is 119 cm³/mol. The van der Waals surface area contributed by atoms with E-state index < -0.39 is 0 Å². The average Bonchev–Trinajstić information content (AvgIpc) is 2.73. The molecule has 0 N–H and O–H groups in total. The molecule has 0 aliphatic carbocycles. The molecular weight excluding hydrogens is 401 g/mol. The Labute approximate surface area is 212 Å². The fourth-order valence-electron chi connectivity index (χ4n) is 2.32. The first-order valence-electron chi connectivity index (χ1n) is 8.70. The number of benzene rings is 4. The van der Waals surface area contributed by atoms with Crippen LogP contribution in [-0.2, 0) is 0 Å². The van der Waals surface area contributed by atoms with Crippen LogP contribution in [0.1, 0.15) is 2.85 Å². The van der Waals surface area contributed by atoms with Crippen LogP contribution in [0.2, 0.25) is 0 Å². The Morgan fingerprint density at radius 3 is 1.47 bits per heavy atom. The van der Waals surface area contributed by atoms with E-state index in [0.29, 0.717) is 17.2 Å². The van der Waals surface area contributed by atoms with Crippen LogP contribution < -0.4 is 19.7 Å². The third-order valence-corrected chi connectivity index (χ3v) is 3.62. The molecule has 144 valence electrons. The van der Waals surface area contributed by atoms with Crippen molar-refractivity contribution in [3.8, 4) is 34.5 Å². The van der Waals surface area contributed by atoms with E-state index in [1.54, 1.807) is 36.4 Å². The van der Waals surface area contributed by atoms with E-state index in [2.05, 4.69) is 0 Å². The molecule has 0 atom stereocenters. The minimum atomic E-state index is -0.215. The van der Waals surface area contributed by atoms with Gasteiger partial charge < -0.3 is 22.5 Å². The SMILES string of the molecule is [Be+2].[Ca+2].[H-].[H-].[O-]c1cccc(Oc2ccccc2)c1Oc1ccccc1.[O-]c1ccccc1. The van der Waals surface area contributed by atoms with E-state index in [4.69, 9.17) is 9.47 Å². The van der Waals surface area contributed by atoms with Crippen LogP contribution in [0.4, 0.5) is 0 Å². The largest absolute Gasteiger partial charge is 2.00 e. The molecule has 4 aromatic carbocycles. The third kappa shape index (κ3) is 8.09. The van der Waals surface area contributed by atoms with Crippen molar-refractivity contribution >= 4 is 47.9 Å². The first kappa shape index (κ1) is 25.5. The minimum Gasteiger partial charge on any atom is -1.00 e. The smallest absolute Gasteiger partial charge is 1.00 e. The van der Waals surface area contributed by atoms with Gasteiger partial charge in [-0.1, -0.05) is 84.6 Å². The number of ether oxygens (including phenoxy) is 2. The number of rotatable bonds is 4. The topological polar surface area (TPSA) is 64.6 Å². The number of para-hydroxylation sites is 4. The summed E-state index contributed by atoms with van der Waals surface area (Å²) in [6.07, 6.45) is 0. The Kier molecular flexibility index (Phi) is 11.6. The summed E-state index contributed by atoms with van der Waals surface area (Å²) in [5.74, 6) is 1.69. The Hall–Kier alpha value is -2.49. The van der Waals surface area contributed by atoms with Gasteiger partial charge in [0.25, 0.3) is 0 Å². The van der Waals surface area contributed by atoms with Crippen LogP contribution in [0.3, 0.4) is 0 Å². The number of hydrogen-bond donors (Lipinski definition) is 0. The summed E-state index contributed by atoms with van der Waals surface area (Å²) in [5, 5.41) is 22.3. The predicted octanol–water partition coefficient (Wildman–Crippen LogP) is 4.57. The minimum absolute atomic E-state index is 0. The van der Waals surface area contributed by atoms with Crippen molar-refractivity contribution in [1.29, 1.82) is 0 Å². The zero-order valence-electron chi connectivity index (χ0n) is 18.4. The van der Waals surface area contributed by atoms with Crippen molar-refractivity contribution in [2.75, 3.05) is 0 Å². The van der Waals surface area contributed by atoms with Gasteiger partial charge in [0.1, 0.15) is 11.5 Å². The molecule has 4 aromatic rings. The Morgan fingerprint density at radius 2 is 1.00 bits per heavy atom. The van der Waals surface area contributed by atoms with E-state index in [1.165, 1.54) is 18.2 Å². The van der Waals surface area contributed by atoms with Gasteiger partial charge in [0.15, 0.2) is 11.5 Å². The van der Waals surface area contributed by atoms with E-state index in [-0.39, 0.29) is 68.0 Å². The Morgan fingerprint density at radius 1 is 0.533 bits per heavy atom. The van der Waals surface area contributed by atoms with E-state index in [0.717, 1.165) is 0 Å². The van der Waals surface area contributed by atoms with Gasteiger partial charge >= 0.3 is 47.9 Å². The summed E-state index contributed by atoms with van der Waals surface area (Å²) in [6, 6.07) is 31.6. The van der Waals surface area contributed by atoms with E-state index >= 15 is 0 Å². The molecule has 4 rings (SSSR count). The molecule has 0 radical (unpaired) electrons. The first-order valence-corrected chi connectivity index (χ1v) is 8.70. The quantitative estimate of drug-likeness (QED) is 0.453. The summed E-state index contributed by atoms with van der Waals surface area (Å²) in [4.78, 5) is 0. The van der Waals surface area contributed by atoms with Crippen LogP contribution in [0.15, 0.2) is 109 Å². The zero-order valence-corrected chi connectivity index (χ0v) is 18.6. The molecule has 30 heavy (non-hydrogen) atoms. The summed E-state index contributed by atoms with van der Waals surface area (Å²) in [5.41, 5.74) is 0. The van der Waals surface area contributed by atoms with Crippen LogP contribution in [0.25, 0.3) is 0 Å². The molecule has 0 heterocycles. The van der Waals surface area contributed by atoms with Gasteiger partial charge in [-0.25, -0.2) is 0 Å². The van der Waals surface area contributed by atoms with Crippen molar-refractivity contribution in [2.45, 2.75) is 0 Å². The fourth-order valence-corrected chi connectivity index (χ4v) is 2.32. The fraction of sp³-hybridized carbons (Fsp3) is 0. The molecule has 0 aliphatic rings. The molecule has 0 saturated carbocycles. The molecule has 0 unspecified atom stereocenters. The van der Waals surface area contributed by atoms with Crippen molar-refractivity contribution in [3.63, 3.8) is 0 Å². The standard InChI is InChI=1S/C18H14O3.C6H6O.Be.Ca.2H/c19-16-12-7-13-17(20-14-8-3-1-4-9-14)18(16)21-15-10-5-2-6-11-15;7-6-4-2-1-3-5-6;;;;/h1-13,19H;1-5,7H;;;;/q;;2*+2;2*-1/p-2. The second-order valence-electron chi connectivity index (χ2n) is 5.73. The van der Waals surface area contributed by atoms with Gasteiger partial charge in [-0.3, -0.25) is 0 Å². The normalized spacial score (nSPS) is 9.07. The Bertz CT molecular complexity index is 994. The van der Waals surface area contributed by atoms with Gasteiger partial charge in [-0.15, -0.1) is 5.75 Å². The molecule has 0 fully saturated rings. The van der Waals surface area contributed by atoms with Crippen LogP contribution >= 0.6 is 0 Å². The molecule has 6 heteroatoms. The molecule has 0 aliphatic heterocycles. The Balaban J connectivity index is 0. The summed E-state index contributed by atoms with van der Waals surface area (Å²) in [6.45, 7) is 0. The first-order chi connectivity index (χ1) is 13.7. The molecule has 0 bridgehead atoms. The molecule has 0 aromatic heterocycles. The van der Waals surface area contributed by atoms with Crippen molar-refractivity contribution in [1.82, 2.24) is 0 Å². The van der Waals surface area contributed by atoms with Crippen LogP contribution in [0.5, 0.6) is 34.5 Å². The molecule has 0 amide bonds. The van der Waals surface area contributed by atoms with E-state index in [1.807, 2.05) is 54.6 Å². The van der Waals surface area contributed by atoms with E-state index in [9.17, 15) is 10.2 Å². The summed E-state index contributed by atoms with van der Waals surface area (Å²) < 4.78 is 11.4. The second-order valence-corrected chi connectivity index (χ2v) is 5.73. The van der Waals surface area contributed by atoms with Gasteiger partial charge in [-0.2, -0.15) is 0 Å². The number of hydrogen-bond acceptors (Lipinski definition) is 4. The van der Waals surface area contributed by atoms with Gasteiger partial charge in [0, 0.05) is 0 Å². The third-order valence-electron chi connectivity index (χ3n) is 3.62. The van der Waals surface area contributed by atoms with Gasteiger partial charge in [0.2, 0.25) is 0 Å². The maximum absolute atomic E-state index is 12.0. The average molecular weight is 422 g/mol. The van der Waals surface area contributed by atoms with Gasteiger partial charge in [-0.05, 0) is 30.3 Å². The molecular formula is C24H20BeCaO4. The molecule has 0 spiro atoms. The van der Waals surface area contributed by atoms with Crippen LogP contribution in [-0.4, -0.2) is 47.9 Å². The maximum atomic E-state index is 12.0. The molecule has 0 saturated heterocycles. The van der Waals surface area contributed by atoms with Crippen molar-refractivity contribution in [3.05, 3.63) is 109 Å². The van der Waals surface area contributed by atoms with Crippen LogP contribution in [0, 0.1) is 0 Å². The van der Waals surface area contributed by atoms with Gasteiger partial charge in [0.05, 0.1) is 0 Å². The summed E-state index contributed by atoms with van der Waals surface area (Å²) in [7, 11) is 0. The van der Waals surface area contributed by atoms with Crippen molar-refractivity contribution in [2.24, 2.45) is 0 Å². The summed E-state index contributed by atoms with van der Waals surface area (Å²) >= 11 is 0. The second kappa shape index (κ2) is 13.7. The maximum Gasteiger partial charge on any atom is 2.00 e. The molecule has 4 nitrogen and oxygen atoms in total.